The summed E-state index contributed by atoms with van der Waals surface area (Å²) >= 11 is 0. The molecule has 0 aliphatic rings. The van der Waals surface area contributed by atoms with Crippen LogP contribution < -0.4 is 0 Å². The summed E-state index contributed by atoms with van der Waals surface area (Å²) in [6.07, 6.45) is 0. The summed E-state index contributed by atoms with van der Waals surface area (Å²) in [6, 6.07) is 0. The Morgan fingerprint density at radius 1 is 1.40 bits per heavy atom. The van der Waals surface area contributed by atoms with Crippen LogP contribution in [0.1, 0.15) is 0 Å². The van der Waals surface area contributed by atoms with Crippen molar-refractivity contribution >= 4 is 34.1 Å². The lowest BCUT2D eigenvalue weighted by molar-refractivity contribution is 0.471. The minimum Gasteiger partial charge on any atom is -0.580 e. The first-order chi connectivity index (χ1) is 4.57. The molecule has 0 aromatic heterocycles. The highest BCUT2D eigenvalue weighted by atomic mass is 29.6. The second-order valence-corrected chi connectivity index (χ2v) is 12.4. The van der Waals surface area contributed by atoms with Gasteiger partial charge in [-0.05, 0) is 13.1 Å². The molecule has 0 aromatic rings. The van der Waals surface area contributed by atoms with Crippen molar-refractivity contribution in [3.05, 3.63) is 0 Å². The van der Waals surface area contributed by atoms with Crippen molar-refractivity contribution in [3.8, 4) is 0 Å². The molecule has 4 nitrogen and oxygen atoms in total. The molecule has 0 aromatic carbocycles. The van der Waals surface area contributed by atoms with Crippen LogP contribution in [0, 0.1) is 0 Å². The van der Waals surface area contributed by atoms with Crippen molar-refractivity contribution in [1.29, 1.82) is 0 Å². The topological polar surface area (TPSA) is 60.4 Å². The molecule has 0 aliphatic heterocycles. The van der Waals surface area contributed by atoms with Gasteiger partial charge in [-0.15, -0.1) is 0 Å². The van der Waals surface area contributed by atoms with Crippen molar-refractivity contribution in [2.75, 3.05) is 0 Å². The Balaban J connectivity index is 3.85. The molecule has 1 radical (unpaired) electrons. The molecule has 55 valence electrons. The first-order valence-corrected chi connectivity index (χ1v) is 11.1. The van der Waals surface area contributed by atoms with Crippen molar-refractivity contribution in [2.45, 2.75) is 13.1 Å². The molecule has 0 heterocycles. The predicted molar refractivity (Wildman–Crippen MR) is 39.3 cm³/mol. The molecular weight excluding hydrogens is 200 g/mol. The Morgan fingerprint density at radius 3 is 2.20 bits per heavy atom. The maximum atomic E-state index is 10.7. The zero-order valence-electron chi connectivity index (χ0n) is 5.71. The molecule has 0 N–H and O–H groups in total. The second-order valence-electron chi connectivity index (χ2n) is 1.89. The lowest BCUT2D eigenvalue weighted by Gasteiger charge is -2.01. The predicted octanol–water partition coefficient (Wildman–Crippen LogP) is -1.05. The highest BCUT2D eigenvalue weighted by molar-refractivity contribution is 7.30. The third-order valence-electron chi connectivity index (χ3n) is 0.621. The standard InChI is InChI=1S/C2H7O4Si4/c1-8(2)6-9(4)10(5)7-3/h8H,1-2H3. The molecule has 8 heteroatoms. The third kappa shape index (κ3) is 3.98. The number of rotatable bonds is 4. The maximum absolute atomic E-state index is 10.7. The average molecular weight is 207 g/mol. The van der Waals surface area contributed by atoms with Crippen molar-refractivity contribution < 1.29 is 17.5 Å². The first kappa shape index (κ1) is 10.1. The molecule has 0 saturated carbocycles. The lowest BCUT2D eigenvalue weighted by Crippen LogP contribution is -2.29. The summed E-state index contributed by atoms with van der Waals surface area (Å²) in [5.41, 5.74) is 0. The van der Waals surface area contributed by atoms with E-state index in [9.17, 15) is 13.4 Å². The van der Waals surface area contributed by atoms with Crippen molar-refractivity contribution in [3.63, 3.8) is 0 Å². The van der Waals surface area contributed by atoms with Crippen LogP contribution in [0.25, 0.3) is 0 Å². The van der Waals surface area contributed by atoms with E-state index in [1.807, 2.05) is 13.1 Å². The molecule has 0 amide bonds. The molecule has 10 heavy (non-hydrogen) atoms. The Morgan fingerprint density at radius 2 is 1.90 bits per heavy atom. The van der Waals surface area contributed by atoms with Gasteiger partial charge in [-0.25, -0.2) is 0 Å². The van der Waals surface area contributed by atoms with Crippen molar-refractivity contribution in [2.24, 2.45) is 0 Å². The van der Waals surface area contributed by atoms with E-state index in [0.717, 1.165) is 0 Å². The van der Waals surface area contributed by atoms with Crippen molar-refractivity contribution in [1.82, 2.24) is 0 Å². The van der Waals surface area contributed by atoms with Crippen LogP contribution >= 0.6 is 0 Å². The van der Waals surface area contributed by atoms with E-state index in [2.05, 4.69) is 0 Å². The second kappa shape index (κ2) is 4.82. The van der Waals surface area contributed by atoms with Gasteiger partial charge in [0.05, 0.1) is 0 Å². The zero-order valence-corrected chi connectivity index (χ0v) is 9.87. The van der Waals surface area contributed by atoms with E-state index in [0.29, 0.717) is 0 Å². The normalized spacial score (nSPS) is 9.10. The van der Waals surface area contributed by atoms with Gasteiger partial charge < -0.3 is 17.5 Å². The van der Waals surface area contributed by atoms with Crippen LogP contribution in [0.2, 0.25) is 13.1 Å². The Bertz CT molecular complexity index is 165. The van der Waals surface area contributed by atoms with E-state index in [-0.39, 0.29) is 0 Å². The Kier molecular flexibility index (Phi) is 4.85. The highest BCUT2D eigenvalue weighted by Gasteiger charge is 2.24. The summed E-state index contributed by atoms with van der Waals surface area (Å²) in [6.45, 7) is 3.65. The monoisotopic (exact) mass is 207 g/mol. The Hall–Kier alpha value is 0.0675. The first-order valence-electron chi connectivity index (χ1n) is 2.71. The Labute approximate surface area is 65.2 Å². The summed E-state index contributed by atoms with van der Waals surface area (Å²) < 4.78 is 36.1. The maximum Gasteiger partial charge on any atom is 0.532 e. The zero-order chi connectivity index (χ0) is 8.15. The average Bonchev–Trinajstić information content (AvgIpc) is 1.85. The molecule has 0 rings (SSSR count). The van der Waals surface area contributed by atoms with E-state index in [4.69, 9.17) is 4.12 Å². The van der Waals surface area contributed by atoms with Gasteiger partial charge in [-0.2, -0.15) is 0 Å². The van der Waals surface area contributed by atoms with Gasteiger partial charge >= 0.3 is 25.1 Å². The van der Waals surface area contributed by atoms with Crippen LogP contribution in [0.4, 0.5) is 0 Å². The minimum absolute atomic E-state index is 0.962. The summed E-state index contributed by atoms with van der Waals surface area (Å²) in [7, 11) is -7.22. The molecule has 0 unspecified atom stereocenters. The van der Waals surface area contributed by atoms with Crippen LogP contribution in [0.15, 0.2) is 0 Å². The van der Waals surface area contributed by atoms with E-state index in [1.165, 1.54) is 0 Å². The van der Waals surface area contributed by atoms with Crippen LogP contribution in [0.3, 0.4) is 0 Å². The smallest absolute Gasteiger partial charge is 0.532 e. The minimum atomic E-state index is -2.46. The van der Waals surface area contributed by atoms with Crippen LogP contribution in [-0.2, 0) is 17.5 Å². The quantitative estimate of drug-likeness (QED) is 0.552. The van der Waals surface area contributed by atoms with E-state index >= 15 is 0 Å². The fourth-order valence-corrected chi connectivity index (χ4v) is 8.21. The molecule has 0 saturated heterocycles. The fourth-order valence-electron chi connectivity index (χ4n) is 0.309. The highest BCUT2D eigenvalue weighted by Crippen LogP contribution is 1.82. The van der Waals surface area contributed by atoms with Gasteiger partial charge in [0.15, 0.2) is 0 Å². The lowest BCUT2D eigenvalue weighted by atomic mass is 11.9. The van der Waals surface area contributed by atoms with Gasteiger partial charge in [-0.1, -0.05) is 0 Å². The van der Waals surface area contributed by atoms with E-state index < -0.39 is 34.1 Å². The SMILES string of the molecule is C[SiH](C)O[Si](=O)[Si](=O)[Si]=O. The molecule has 0 spiro atoms. The van der Waals surface area contributed by atoms with Gasteiger partial charge in [0, 0.05) is 0 Å². The molecular formula is C2H7O4Si4. The van der Waals surface area contributed by atoms with Gasteiger partial charge in [0.25, 0.3) is 0 Å². The van der Waals surface area contributed by atoms with Gasteiger partial charge in [0.2, 0.25) is 9.04 Å². The van der Waals surface area contributed by atoms with Crippen LogP contribution in [0.5, 0.6) is 0 Å². The van der Waals surface area contributed by atoms with Crippen LogP contribution in [-0.4, -0.2) is 34.1 Å². The number of hydrogen-bond donors (Lipinski definition) is 0. The summed E-state index contributed by atoms with van der Waals surface area (Å²) in [5, 5.41) is 0. The largest absolute Gasteiger partial charge is 0.580 e. The fraction of sp³-hybridized carbons (Fsp3) is 1.00. The molecule has 0 bridgehead atoms. The summed E-state index contributed by atoms with van der Waals surface area (Å²) in [5.74, 6) is 0. The number of hydrogen-bond acceptors (Lipinski definition) is 4. The molecule has 0 fully saturated rings. The summed E-state index contributed by atoms with van der Waals surface area (Å²) in [4.78, 5) is 0. The molecule has 0 aliphatic carbocycles. The van der Waals surface area contributed by atoms with E-state index in [1.54, 1.807) is 0 Å². The third-order valence-corrected chi connectivity index (χ3v) is 9.40. The molecule has 0 atom stereocenters. The van der Waals surface area contributed by atoms with Gasteiger partial charge in [0.1, 0.15) is 0 Å². The van der Waals surface area contributed by atoms with Gasteiger partial charge in [-0.3, -0.25) is 0 Å².